The molecule has 0 saturated carbocycles. The quantitative estimate of drug-likeness (QED) is 0.740. The number of carbonyl (C=O) groups excluding carboxylic acids is 2. The fourth-order valence-electron chi connectivity index (χ4n) is 3.06. The molecule has 3 rings (SSSR count). The van der Waals surface area contributed by atoms with Gasteiger partial charge in [-0.2, -0.15) is 0 Å². The highest BCUT2D eigenvalue weighted by Crippen LogP contribution is 2.30. The summed E-state index contributed by atoms with van der Waals surface area (Å²) in [6, 6.07) is 12.0. The normalized spacial score (nSPS) is 13.9. The highest BCUT2D eigenvalue weighted by Gasteiger charge is 2.38. The van der Waals surface area contributed by atoms with Crippen LogP contribution in [0.5, 0.6) is 17.2 Å². The molecule has 146 valence electrons. The topological polar surface area (TPSA) is 85.3 Å². The molecule has 0 atom stereocenters. The summed E-state index contributed by atoms with van der Waals surface area (Å²) in [6.45, 7) is 0.136. The van der Waals surface area contributed by atoms with Crippen LogP contribution in [0.4, 0.5) is 0 Å². The maximum Gasteiger partial charge on any atom is 0.296 e. The van der Waals surface area contributed by atoms with E-state index < -0.39 is 17.6 Å². The number of benzene rings is 2. The summed E-state index contributed by atoms with van der Waals surface area (Å²) in [7, 11) is 4.62. The van der Waals surface area contributed by atoms with Crippen LogP contribution >= 0.6 is 0 Å². The van der Waals surface area contributed by atoms with Crippen LogP contribution in [0.15, 0.2) is 48.2 Å². The van der Waals surface area contributed by atoms with Crippen LogP contribution in [0.2, 0.25) is 0 Å². The van der Waals surface area contributed by atoms with Crippen LogP contribution < -0.4 is 14.2 Å². The Hall–Kier alpha value is -3.48. The third kappa shape index (κ3) is 3.51. The minimum atomic E-state index is -0.698. The zero-order valence-electron chi connectivity index (χ0n) is 15.9. The molecule has 0 fully saturated rings. The van der Waals surface area contributed by atoms with Gasteiger partial charge in [-0.3, -0.25) is 14.5 Å². The molecule has 0 aliphatic carbocycles. The standard InChI is InChI=1S/C21H21NO6/c1-26-15-7-5-14(6-8-15)18-19(23)21(25)22(20(18)24)11-10-13-4-9-16(27-2)17(12-13)28-3/h4-9,12,23H,10-11H2,1-3H3. The van der Waals surface area contributed by atoms with Crippen LogP contribution in [0.3, 0.4) is 0 Å². The summed E-state index contributed by atoms with van der Waals surface area (Å²) in [5.41, 5.74) is 1.33. The molecule has 2 aromatic rings. The van der Waals surface area contributed by atoms with Crippen LogP contribution in [-0.2, 0) is 16.0 Å². The zero-order valence-corrected chi connectivity index (χ0v) is 15.9. The van der Waals surface area contributed by atoms with E-state index in [0.717, 1.165) is 10.5 Å². The first-order chi connectivity index (χ1) is 13.5. The first kappa shape index (κ1) is 19.3. The van der Waals surface area contributed by atoms with Crippen LogP contribution in [0.25, 0.3) is 5.57 Å². The van der Waals surface area contributed by atoms with Gasteiger partial charge in [0.05, 0.1) is 26.9 Å². The average molecular weight is 383 g/mol. The van der Waals surface area contributed by atoms with Crippen molar-refractivity contribution >= 4 is 17.4 Å². The Labute approximate surface area is 162 Å². The van der Waals surface area contributed by atoms with E-state index in [1.54, 1.807) is 43.5 Å². The number of rotatable bonds is 7. The molecule has 2 aromatic carbocycles. The van der Waals surface area contributed by atoms with Gasteiger partial charge in [0.25, 0.3) is 11.8 Å². The van der Waals surface area contributed by atoms with Gasteiger partial charge in [0.15, 0.2) is 17.3 Å². The lowest BCUT2D eigenvalue weighted by molar-refractivity contribution is -0.138. The van der Waals surface area contributed by atoms with Crippen molar-refractivity contribution in [3.63, 3.8) is 0 Å². The molecule has 2 amide bonds. The predicted octanol–water partition coefficient (Wildman–Crippen LogP) is 2.59. The SMILES string of the molecule is COc1ccc(C2=C(O)C(=O)N(CCc3ccc(OC)c(OC)c3)C2=O)cc1. The monoisotopic (exact) mass is 383 g/mol. The van der Waals surface area contributed by atoms with Gasteiger partial charge in [-0.25, -0.2) is 0 Å². The third-order valence-corrected chi connectivity index (χ3v) is 4.59. The highest BCUT2D eigenvalue weighted by atomic mass is 16.5. The van der Waals surface area contributed by atoms with Crippen molar-refractivity contribution in [3.8, 4) is 17.2 Å². The number of nitrogens with zero attached hydrogens (tertiary/aromatic N) is 1. The summed E-state index contributed by atoms with van der Waals surface area (Å²) >= 11 is 0. The molecule has 0 unspecified atom stereocenters. The van der Waals surface area contributed by atoms with Crippen molar-refractivity contribution in [1.82, 2.24) is 4.90 Å². The van der Waals surface area contributed by atoms with Gasteiger partial charge in [-0.1, -0.05) is 18.2 Å². The molecule has 1 aliphatic rings. The first-order valence-electron chi connectivity index (χ1n) is 8.65. The maximum atomic E-state index is 12.7. The van der Waals surface area contributed by atoms with Crippen molar-refractivity contribution in [3.05, 3.63) is 59.4 Å². The largest absolute Gasteiger partial charge is 0.502 e. The van der Waals surface area contributed by atoms with E-state index in [4.69, 9.17) is 14.2 Å². The number of imide groups is 1. The number of carbonyl (C=O) groups is 2. The van der Waals surface area contributed by atoms with E-state index in [2.05, 4.69) is 0 Å². The molecule has 1 aliphatic heterocycles. The summed E-state index contributed by atoms with van der Waals surface area (Å²) in [4.78, 5) is 26.2. The number of hydrogen-bond acceptors (Lipinski definition) is 6. The smallest absolute Gasteiger partial charge is 0.296 e. The van der Waals surface area contributed by atoms with Crippen molar-refractivity contribution in [1.29, 1.82) is 0 Å². The van der Waals surface area contributed by atoms with Crippen molar-refractivity contribution in [2.75, 3.05) is 27.9 Å². The number of aliphatic hydroxyl groups is 1. The molecule has 28 heavy (non-hydrogen) atoms. The van der Waals surface area contributed by atoms with Crippen LogP contribution in [0.1, 0.15) is 11.1 Å². The summed E-state index contributed by atoms with van der Waals surface area (Å²) in [6.07, 6.45) is 0.418. The lowest BCUT2D eigenvalue weighted by Gasteiger charge is -2.15. The Balaban J connectivity index is 1.76. The molecular weight excluding hydrogens is 362 g/mol. The van der Waals surface area contributed by atoms with Gasteiger partial charge in [-0.15, -0.1) is 0 Å². The second-order valence-electron chi connectivity index (χ2n) is 6.15. The Bertz CT molecular complexity index is 932. The van der Waals surface area contributed by atoms with Gasteiger partial charge < -0.3 is 19.3 Å². The van der Waals surface area contributed by atoms with Crippen LogP contribution in [-0.4, -0.2) is 49.7 Å². The van der Waals surface area contributed by atoms with Gasteiger partial charge >= 0.3 is 0 Å². The van der Waals surface area contributed by atoms with Gasteiger partial charge in [-0.05, 0) is 41.8 Å². The zero-order chi connectivity index (χ0) is 20.3. The van der Waals surface area contributed by atoms with Gasteiger partial charge in [0.2, 0.25) is 0 Å². The Morgan fingerprint density at radius 1 is 0.857 bits per heavy atom. The molecule has 7 nitrogen and oxygen atoms in total. The van der Waals surface area contributed by atoms with E-state index in [-0.39, 0.29) is 12.1 Å². The Kier molecular flexibility index (Phi) is 5.54. The second kappa shape index (κ2) is 8.04. The van der Waals surface area contributed by atoms with Gasteiger partial charge in [0.1, 0.15) is 5.75 Å². The second-order valence-corrected chi connectivity index (χ2v) is 6.15. The summed E-state index contributed by atoms with van der Waals surface area (Å²) in [5, 5.41) is 10.2. The van der Waals surface area contributed by atoms with E-state index in [9.17, 15) is 14.7 Å². The molecule has 1 N–H and O–H groups in total. The number of hydrogen-bond donors (Lipinski definition) is 1. The number of methoxy groups -OCH3 is 3. The predicted molar refractivity (Wildman–Crippen MR) is 103 cm³/mol. The Morgan fingerprint density at radius 3 is 2.14 bits per heavy atom. The molecular formula is C21H21NO6. The first-order valence-corrected chi connectivity index (χ1v) is 8.65. The van der Waals surface area contributed by atoms with E-state index in [0.29, 0.717) is 29.2 Å². The lowest BCUT2D eigenvalue weighted by atomic mass is 10.1. The molecule has 0 bridgehead atoms. The van der Waals surface area contributed by atoms with Crippen LogP contribution in [0, 0.1) is 0 Å². The van der Waals surface area contributed by atoms with E-state index >= 15 is 0 Å². The lowest BCUT2D eigenvalue weighted by Crippen LogP contribution is -2.33. The molecule has 7 heteroatoms. The summed E-state index contributed by atoms with van der Waals surface area (Å²) < 4.78 is 15.6. The average Bonchev–Trinajstić information content (AvgIpc) is 2.94. The molecule has 1 heterocycles. The highest BCUT2D eigenvalue weighted by molar-refractivity contribution is 6.34. The van der Waals surface area contributed by atoms with Gasteiger partial charge in [0, 0.05) is 6.54 Å². The van der Waals surface area contributed by atoms with E-state index in [1.807, 2.05) is 6.07 Å². The van der Waals surface area contributed by atoms with Crippen molar-refractivity contribution < 1.29 is 28.9 Å². The molecule has 0 spiro atoms. The molecule has 0 saturated heterocycles. The maximum absolute atomic E-state index is 12.7. The Morgan fingerprint density at radius 2 is 1.54 bits per heavy atom. The fraction of sp³-hybridized carbons (Fsp3) is 0.238. The third-order valence-electron chi connectivity index (χ3n) is 4.59. The molecule has 0 aromatic heterocycles. The van der Waals surface area contributed by atoms with Crippen molar-refractivity contribution in [2.24, 2.45) is 0 Å². The summed E-state index contributed by atoms with van der Waals surface area (Å²) in [5.74, 6) is 0.0254. The number of amides is 2. The minimum absolute atomic E-state index is 0.0000328. The number of ether oxygens (including phenoxy) is 3. The number of aliphatic hydroxyl groups excluding tert-OH is 1. The van der Waals surface area contributed by atoms with Crippen molar-refractivity contribution in [2.45, 2.75) is 6.42 Å². The molecule has 0 radical (unpaired) electrons. The van der Waals surface area contributed by atoms with E-state index in [1.165, 1.54) is 14.2 Å². The minimum Gasteiger partial charge on any atom is -0.502 e. The fourth-order valence-corrected chi connectivity index (χ4v) is 3.06.